The van der Waals surface area contributed by atoms with Gasteiger partial charge in [0.05, 0.1) is 90.6 Å². The van der Waals surface area contributed by atoms with E-state index in [9.17, 15) is 39.6 Å². The summed E-state index contributed by atoms with van der Waals surface area (Å²) >= 11 is 3.19. The fourth-order valence-electron chi connectivity index (χ4n) is 22.7. The van der Waals surface area contributed by atoms with Gasteiger partial charge in [0.15, 0.2) is 11.6 Å². The van der Waals surface area contributed by atoms with Crippen LogP contribution in [0.25, 0.3) is 43.4 Å². The van der Waals surface area contributed by atoms with Gasteiger partial charge in [-0.15, -0.1) is 43.1 Å². The number of thiazole rings is 2. The number of benzene rings is 4. The summed E-state index contributed by atoms with van der Waals surface area (Å²) in [5, 5.41) is 74.5. The molecule has 8 fully saturated rings. The summed E-state index contributed by atoms with van der Waals surface area (Å²) in [6, 6.07) is 45.4. The zero-order chi connectivity index (χ0) is 103. The Hall–Kier alpha value is -13.3. The first-order valence-corrected chi connectivity index (χ1v) is 54.0. The zero-order valence-corrected chi connectivity index (χ0v) is 87.1. The highest BCUT2D eigenvalue weighted by atomic mass is 32.1. The van der Waals surface area contributed by atoms with Crippen molar-refractivity contribution in [1.29, 1.82) is 0 Å². The molecule has 12 atom stereocenters. The van der Waals surface area contributed by atoms with Gasteiger partial charge in [0.1, 0.15) is 60.2 Å². The molecule has 36 nitrogen and oxygen atoms in total. The average Bonchev–Trinajstić information content (AvgIpc) is 1.64. The number of β-amino-alcohol motifs (C(OH)–C–C–N with tert-alkyl or cyclic N) is 2. The van der Waals surface area contributed by atoms with Gasteiger partial charge in [-0.05, 0) is 175 Å². The number of hydrogen-bond donors (Lipinski definition) is 8. The van der Waals surface area contributed by atoms with Crippen LogP contribution < -0.4 is 51.2 Å². The number of aromatic nitrogens is 10. The number of anilines is 6. The third-order valence-corrected chi connectivity index (χ3v) is 32.6. The van der Waals surface area contributed by atoms with Crippen LogP contribution in [-0.2, 0) is 32.0 Å². The van der Waals surface area contributed by atoms with Gasteiger partial charge >= 0.3 is 0 Å². The van der Waals surface area contributed by atoms with Crippen LogP contribution in [0.5, 0.6) is 23.3 Å². The van der Waals surface area contributed by atoms with Crippen molar-refractivity contribution >= 4 is 80.7 Å². The molecule has 8 aliphatic heterocycles. The van der Waals surface area contributed by atoms with Crippen molar-refractivity contribution in [2.24, 2.45) is 11.8 Å². The van der Waals surface area contributed by atoms with Gasteiger partial charge in [0.2, 0.25) is 35.4 Å². The number of nitrogens with one attached hydrogen (secondary N) is 2. The summed E-state index contributed by atoms with van der Waals surface area (Å²) < 4.78 is 24.2. The number of fused-ring (bicyclic) bond motifs is 4. The maximum absolute atomic E-state index is 14.3. The molecule has 8 saturated heterocycles. The highest BCUT2D eigenvalue weighted by molar-refractivity contribution is 7.13. The predicted molar refractivity (Wildman–Crippen MR) is 570 cm³/mol. The van der Waals surface area contributed by atoms with Gasteiger partial charge in [-0.25, -0.2) is 19.9 Å². The summed E-state index contributed by atoms with van der Waals surface area (Å²) in [4.78, 5) is 98.7. The van der Waals surface area contributed by atoms with Crippen molar-refractivity contribution in [3.63, 3.8) is 0 Å². The molecule has 8 aromatic heterocycles. The van der Waals surface area contributed by atoms with E-state index in [1.807, 2.05) is 176 Å². The van der Waals surface area contributed by atoms with Gasteiger partial charge in [-0.1, -0.05) is 111 Å². The molecule has 0 aliphatic carbocycles. The van der Waals surface area contributed by atoms with Crippen LogP contribution in [0.3, 0.4) is 0 Å². The molecule has 10 N–H and O–H groups in total. The van der Waals surface area contributed by atoms with Crippen molar-refractivity contribution in [2.75, 3.05) is 162 Å². The Morgan fingerprint density at radius 2 is 0.831 bits per heavy atom. The van der Waals surface area contributed by atoms with Gasteiger partial charge in [0.25, 0.3) is 0 Å². The number of aryl methyl sites for hydroxylation is 4. The van der Waals surface area contributed by atoms with E-state index in [-0.39, 0.29) is 85.0 Å². The third-order valence-electron chi connectivity index (χ3n) is 30.6. The van der Waals surface area contributed by atoms with Gasteiger partial charge < -0.3 is 100 Å². The number of rotatable bonds is 36. The summed E-state index contributed by atoms with van der Waals surface area (Å²) in [5.41, 5.74) is 30.4. The number of aliphatic hydroxyl groups is 2. The molecular formula is C110H136N24O12S2. The molecule has 780 valence electrons. The summed E-state index contributed by atoms with van der Waals surface area (Å²) in [7, 11) is 0. The van der Waals surface area contributed by atoms with Crippen LogP contribution in [0.4, 0.5) is 34.4 Å². The number of amides is 4. The van der Waals surface area contributed by atoms with E-state index in [4.69, 9.17) is 30.0 Å². The SMILES string of the molecule is Cc1ncsc1-c1ccc([C@H](C)NC(=O)[C@@H]2C[C@@H](O)CN2C(=O)[C@@H](c2cc(CCCN3CCN(CCOc4cc(N5C6CCC5CN(c5cc(-c7ccccc7O)nnc5N)C6)ccn4)CC3)no2)C(C)C)cc1.Cc1ncsc1-c1ccc([C@H](C)NC(=O)[C@@H]2C[C@@H](O)CN2C(=O)[C@H](c2cc(CCCN3CCN(CCOc4cc(N5C6CCC5CN(c5cc(-c7ccccc7O)nnc5N)C6)ccn4)CC3)no2)C(C)C)cc1. The Morgan fingerprint density at radius 3 is 1.19 bits per heavy atom. The van der Waals surface area contributed by atoms with E-state index in [0.717, 1.165) is 221 Å². The van der Waals surface area contributed by atoms with Crippen molar-refractivity contribution in [1.82, 2.24) is 90.7 Å². The molecular weight excluding hydrogens is 1910 g/mol. The number of likely N-dealkylation sites (tertiary alicyclic amines) is 2. The number of aliphatic hydroxyl groups excluding tert-OH is 2. The molecule has 38 heteroatoms. The van der Waals surface area contributed by atoms with E-state index in [1.54, 1.807) is 46.9 Å². The number of piperazine rings is 4. The summed E-state index contributed by atoms with van der Waals surface area (Å²) in [6.45, 7) is 31.3. The molecule has 0 radical (unpaired) electrons. The number of nitrogen functional groups attached to an aromatic ring is 2. The lowest BCUT2D eigenvalue weighted by Crippen LogP contribution is -2.54. The van der Waals surface area contributed by atoms with E-state index >= 15 is 0 Å². The highest BCUT2D eigenvalue weighted by Gasteiger charge is 2.48. The van der Waals surface area contributed by atoms with Crippen molar-refractivity contribution in [3.8, 4) is 66.7 Å². The van der Waals surface area contributed by atoms with Gasteiger partial charge in [-0.3, -0.25) is 29.0 Å². The van der Waals surface area contributed by atoms with Crippen LogP contribution in [0.1, 0.15) is 162 Å². The van der Waals surface area contributed by atoms with Crippen molar-refractivity contribution in [2.45, 2.75) is 192 Å². The summed E-state index contributed by atoms with van der Waals surface area (Å²) in [6.07, 6.45) is 9.94. The Morgan fingerprint density at radius 1 is 0.459 bits per heavy atom. The first-order valence-electron chi connectivity index (χ1n) is 52.2. The molecule has 4 bridgehead atoms. The molecule has 148 heavy (non-hydrogen) atoms. The topological polar surface area (TPSA) is 431 Å². The number of phenolic OH excluding ortho intramolecular Hbond substituents is 2. The number of ether oxygens (including phenoxy) is 2. The lowest BCUT2D eigenvalue weighted by Gasteiger charge is -2.43. The monoisotopic (exact) mass is 2050 g/mol. The van der Waals surface area contributed by atoms with Gasteiger partial charge in [0, 0.05) is 201 Å². The molecule has 4 amide bonds. The number of aromatic hydroxyl groups is 2. The Kier molecular flexibility index (Phi) is 32.5. The molecule has 0 spiro atoms. The Balaban J connectivity index is 0.000000186. The lowest BCUT2D eigenvalue weighted by molar-refractivity contribution is -0.141. The largest absolute Gasteiger partial charge is 0.507 e. The van der Waals surface area contributed by atoms with Crippen LogP contribution >= 0.6 is 22.7 Å². The summed E-state index contributed by atoms with van der Waals surface area (Å²) in [5.74, 6) is 0.731. The molecule has 20 rings (SSSR count). The quantitative estimate of drug-likeness (QED) is 0.0181. The zero-order valence-electron chi connectivity index (χ0n) is 85.4. The first-order chi connectivity index (χ1) is 71.7. The predicted octanol–water partition coefficient (Wildman–Crippen LogP) is 12.6. The number of pyridine rings is 2. The molecule has 12 aromatic rings. The van der Waals surface area contributed by atoms with Crippen molar-refractivity contribution < 1.29 is 58.1 Å². The second-order valence-electron chi connectivity index (χ2n) is 41.3. The number of carbonyl (C=O) groups is 4. The number of carbonyl (C=O) groups excluding carboxylic acids is 4. The Bertz CT molecular complexity index is 6140. The number of nitrogens with two attached hydrogens (primary N) is 2. The fourth-order valence-corrected chi connectivity index (χ4v) is 24.3. The third kappa shape index (κ3) is 23.8. The number of hydrogen-bond acceptors (Lipinski definition) is 34. The Labute approximate surface area is 871 Å². The lowest BCUT2D eigenvalue weighted by atomic mass is 9.91. The van der Waals surface area contributed by atoms with Crippen LogP contribution in [0, 0.1) is 25.7 Å². The normalized spacial score (nSPS) is 21.1. The minimum atomic E-state index is -0.802. The number of nitrogens with zero attached hydrogens (tertiary/aromatic N) is 20. The molecule has 4 aromatic carbocycles. The molecule has 8 aliphatic rings. The minimum absolute atomic E-state index is 0.0831. The number of para-hydroxylation sites is 2. The fraction of sp³-hybridized carbons (Fsp3) is 0.473. The first kappa shape index (κ1) is 103. The highest BCUT2D eigenvalue weighted by Crippen LogP contribution is 2.45. The maximum atomic E-state index is 14.3. The average molecular weight is 2050 g/mol. The van der Waals surface area contributed by atoms with Crippen LogP contribution in [0.15, 0.2) is 178 Å². The second-order valence-corrected chi connectivity index (χ2v) is 43.0. The molecule has 4 unspecified atom stereocenters. The minimum Gasteiger partial charge on any atom is -0.507 e. The van der Waals surface area contributed by atoms with E-state index in [0.29, 0.717) is 108 Å². The maximum Gasteiger partial charge on any atom is 0.243 e. The van der Waals surface area contributed by atoms with E-state index in [1.165, 1.54) is 9.80 Å². The smallest absolute Gasteiger partial charge is 0.243 e. The standard InChI is InChI=1S/2C55H68N12O6S/c2*1-34(2)51(55(71)66-32-43(68)28-47(66)54(70)59-35(3)37-11-13-38(14-12-37)52-36(4)58-33-74-52)49-26-39(62-73-49)8-7-19-63-20-22-64(23-21-63)24-25-72-50-27-40(17-18-57-50)67-41-15-16-42(67)31-65(30-41)46-29-45(60-61-53(46)56)44-9-5-6-10-48(44)69/h2*5-6,9-14,17-18,26-27,29,33-35,41-43,47,51,68-69H,7-8,15-16,19-25,28,30-32H2,1-4H3,(H2,56,61)(H,59,70)/t35-,41?,42?,43+,47-,51+;35-,41?,42?,43+,47-,51-/m00/s1. The van der Waals surface area contributed by atoms with Crippen LogP contribution in [0.2, 0.25) is 0 Å². The van der Waals surface area contributed by atoms with Crippen LogP contribution in [-0.4, -0.2) is 304 Å². The van der Waals surface area contributed by atoms with E-state index in [2.05, 4.69) is 125 Å². The van der Waals surface area contributed by atoms with E-state index < -0.39 is 36.1 Å². The van der Waals surface area contributed by atoms with Gasteiger partial charge in [-0.2, -0.15) is 0 Å². The number of phenols is 2. The molecule has 16 heterocycles. The molecule has 0 saturated carbocycles. The second kappa shape index (κ2) is 46.6. The van der Waals surface area contributed by atoms with Crippen molar-refractivity contribution in [3.05, 3.63) is 214 Å².